The molecule has 1 aliphatic rings. The van der Waals surface area contributed by atoms with Gasteiger partial charge in [-0.1, -0.05) is 6.07 Å². The number of non-ortho nitro benzene ring substituents is 1. The first-order chi connectivity index (χ1) is 7.68. The van der Waals surface area contributed by atoms with Crippen LogP contribution < -0.4 is 10.2 Å². The van der Waals surface area contributed by atoms with E-state index >= 15 is 0 Å². The van der Waals surface area contributed by atoms with Crippen LogP contribution in [0.3, 0.4) is 0 Å². The Kier molecular flexibility index (Phi) is 4.72. The van der Waals surface area contributed by atoms with Gasteiger partial charge < -0.3 is 10.2 Å². The molecule has 1 aromatic carbocycles. The lowest BCUT2D eigenvalue weighted by Crippen LogP contribution is -2.43. The van der Waals surface area contributed by atoms with Gasteiger partial charge in [-0.2, -0.15) is 0 Å². The molecule has 1 fully saturated rings. The number of hydrogen-bond acceptors (Lipinski definition) is 4. The van der Waals surface area contributed by atoms with E-state index in [9.17, 15) is 10.1 Å². The summed E-state index contributed by atoms with van der Waals surface area (Å²) in [7, 11) is 0. The van der Waals surface area contributed by atoms with E-state index in [1.54, 1.807) is 12.1 Å². The van der Waals surface area contributed by atoms with Crippen molar-refractivity contribution in [3.63, 3.8) is 0 Å². The molecule has 17 heavy (non-hydrogen) atoms. The van der Waals surface area contributed by atoms with Crippen LogP contribution in [0.2, 0.25) is 0 Å². The minimum atomic E-state index is -0.342. The van der Waals surface area contributed by atoms with Crippen molar-refractivity contribution in [3.8, 4) is 0 Å². The third kappa shape index (κ3) is 3.08. The summed E-state index contributed by atoms with van der Waals surface area (Å²) in [5.74, 6) is 0. The molecule has 2 rings (SSSR count). The molecule has 0 spiro atoms. The highest BCUT2D eigenvalue weighted by molar-refractivity contribution is 5.85. The lowest BCUT2D eigenvalue weighted by molar-refractivity contribution is -0.384. The average molecular weight is 258 g/mol. The number of halogens is 1. The van der Waals surface area contributed by atoms with E-state index in [2.05, 4.69) is 10.2 Å². The molecular weight excluding hydrogens is 242 g/mol. The number of hydrogen-bond donors (Lipinski definition) is 1. The summed E-state index contributed by atoms with van der Waals surface area (Å²) in [5, 5.41) is 14.0. The molecule has 0 saturated carbocycles. The fourth-order valence-corrected chi connectivity index (χ4v) is 1.96. The van der Waals surface area contributed by atoms with Crippen molar-refractivity contribution in [1.82, 2.24) is 5.32 Å². The molecule has 1 N–H and O–H groups in total. The molecule has 1 saturated heterocycles. The number of benzene rings is 1. The zero-order valence-corrected chi connectivity index (χ0v) is 10.5. The van der Waals surface area contributed by atoms with E-state index in [0.717, 1.165) is 37.4 Å². The molecule has 94 valence electrons. The van der Waals surface area contributed by atoms with E-state index in [0.29, 0.717) is 0 Å². The maximum absolute atomic E-state index is 10.7. The SMILES string of the molecule is Cc1ccc([N+](=O)[O-])cc1N1CCNCC1.Cl. The van der Waals surface area contributed by atoms with Crippen molar-refractivity contribution in [2.45, 2.75) is 6.92 Å². The highest BCUT2D eigenvalue weighted by Gasteiger charge is 2.15. The second-order valence-electron chi connectivity index (χ2n) is 3.96. The Morgan fingerprint density at radius 1 is 1.35 bits per heavy atom. The molecule has 0 radical (unpaired) electrons. The summed E-state index contributed by atoms with van der Waals surface area (Å²) in [6.07, 6.45) is 0. The summed E-state index contributed by atoms with van der Waals surface area (Å²) in [6.45, 7) is 5.66. The number of aryl methyl sites for hydroxylation is 1. The quantitative estimate of drug-likeness (QED) is 0.648. The Labute approximate surface area is 106 Å². The van der Waals surface area contributed by atoms with Crippen LogP contribution in [-0.2, 0) is 0 Å². The number of rotatable bonds is 2. The maximum atomic E-state index is 10.7. The predicted octanol–water partition coefficient (Wildman–Crippen LogP) is 1.73. The summed E-state index contributed by atoms with van der Waals surface area (Å²) < 4.78 is 0. The number of piperazine rings is 1. The minimum absolute atomic E-state index is 0. The predicted molar refractivity (Wildman–Crippen MR) is 70.2 cm³/mol. The van der Waals surface area contributed by atoms with Gasteiger partial charge in [-0.05, 0) is 12.5 Å². The van der Waals surface area contributed by atoms with Gasteiger partial charge in [-0.3, -0.25) is 10.1 Å². The van der Waals surface area contributed by atoms with Crippen LogP contribution in [0.4, 0.5) is 11.4 Å². The van der Waals surface area contributed by atoms with Gasteiger partial charge in [0.2, 0.25) is 0 Å². The normalized spacial score (nSPS) is 15.2. The molecule has 0 aromatic heterocycles. The van der Waals surface area contributed by atoms with Gasteiger partial charge >= 0.3 is 0 Å². The summed E-state index contributed by atoms with van der Waals surface area (Å²) in [5.41, 5.74) is 2.24. The summed E-state index contributed by atoms with van der Waals surface area (Å²) in [4.78, 5) is 12.6. The van der Waals surface area contributed by atoms with Crippen LogP contribution in [0.1, 0.15) is 5.56 Å². The van der Waals surface area contributed by atoms with Crippen molar-refractivity contribution >= 4 is 23.8 Å². The van der Waals surface area contributed by atoms with E-state index in [1.165, 1.54) is 0 Å². The Morgan fingerprint density at radius 2 is 2.00 bits per heavy atom. The molecule has 0 aliphatic carbocycles. The van der Waals surface area contributed by atoms with Crippen molar-refractivity contribution in [2.24, 2.45) is 0 Å². The monoisotopic (exact) mass is 257 g/mol. The van der Waals surface area contributed by atoms with E-state index in [4.69, 9.17) is 0 Å². The van der Waals surface area contributed by atoms with E-state index in [1.807, 2.05) is 13.0 Å². The third-order valence-corrected chi connectivity index (χ3v) is 2.86. The van der Waals surface area contributed by atoms with Gasteiger partial charge in [-0.25, -0.2) is 0 Å². The summed E-state index contributed by atoms with van der Waals surface area (Å²) in [6, 6.07) is 5.04. The zero-order chi connectivity index (χ0) is 11.5. The van der Waals surface area contributed by atoms with Gasteiger partial charge in [0.05, 0.1) is 4.92 Å². The standard InChI is InChI=1S/C11H15N3O2.ClH/c1-9-2-3-10(14(15)16)8-11(9)13-6-4-12-5-7-13;/h2-3,8,12H,4-7H2,1H3;1H. The molecular formula is C11H16ClN3O2. The number of nitrogens with zero attached hydrogens (tertiary/aromatic N) is 2. The van der Waals surface area contributed by atoms with Crippen LogP contribution in [0.25, 0.3) is 0 Å². The van der Waals surface area contributed by atoms with Gasteiger partial charge in [0.1, 0.15) is 0 Å². The van der Waals surface area contributed by atoms with E-state index < -0.39 is 0 Å². The van der Waals surface area contributed by atoms with Gasteiger partial charge in [0, 0.05) is 44.0 Å². The molecule has 0 amide bonds. The largest absolute Gasteiger partial charge is 0.369 e. The molecule has 0 bridgehead atoms. The highest BCUT2D eigenvalue weighted by atomic mass is 35.5. The molecule has 5 nitrogen and oxygen atoms in total. The first kappa shape index (κ1) is 13.7. The highest BCUT2D eigenvalue weighted by Crippen LogP contribution is 2.25. The third-order valence-electron chi connectivity index (χ3n) is 2.86. The fraction of sp³-hybridized carbons (Fsp3) is 0.455. The Morgan fingerprint density at radius 3 is 2.59 bits per heavy atom. The number of nitrogens with one attached hydrogen (secondary N) is 1. The van der Waals surface area contributed by atoms with Gasteiger partial charge in [-0.15, -0.1) is 12.4 Å². The Bertz CT molecular complexity index is 406. The van der Waals surface area contributed by atoms with Crippen LogP contribution in [-0.4, -0.2) is 31.1 Å². The van der Waals surface area contributed by atoms with Gasteiger partial charge in [0.15, 0.2) is 0 Å². The summed E-state index contributed by atoms with van der Waals surface area (Å²) >= 11 is 0. The second-order valence-corrected chi connectivity index (χ2v) is 3.96. The molecule has 0 unspecified atom stereocenters. The second kappa shape index (κ2) is 5.84. The number of anilines is 1. The number of nitro groups is 1. The molecule has 1 aliphatic heterocycles. The average Bonchev–Trinajstić information content (AvgIpc) is 2.30. The zero-order valence-electron chi connectivity index (χ0n) is 9.68. The number of nitro benzene ring substituents is 1. The maximum Gasteiger partial charge on any atom is 0.271 e. The smallest absolute Gasteiger partial charge is 0.271 e. The van der Waals surface area contributed by atoms with Crippen LogP contribution in [0.15, 0.2) is 18.2 Å². The first-order valence-corrected chi connectivity index (χ1v) is 5.39. The Hall–Kier alpha value is -1.33. The van der Waals surface area contributed by atoms with Crippen LogP contribution in [0.5, 0.6) is 0 Å². The van der Waals surface area contributed by atoms with E-state index in [-0.39, 0.29) is 23.0 Å². The van der Waals surface area contributed by atoms with Crippen molar-refractivity contribution in [2.75, 3.05) is 31.1 Å². The molecule has 6 heteroatoms. The van der Waals surface area contributed by atoms with Gasteiger partial charge in [0.25, 0.3) is 5.69 Å². The Balaban J connectivity index is 0.00000144. The molecule has 1 heterocycles. The lowest BCUT2D eigenvalue weighted by Gasteiger charge is -2.30. The first-order valence-electron chi connectivity index (χ1n) is 5.39. The van der Waals surface area contributed by atoms with Crippen molar-refractivity contribution < 1.29 is 4.92 Å². The van der Waals surface area contributed by atoms with Crippen LogP contribution >= 0.6 is 12.4 Å². The topological polar surface area (TPSA) is 58.4 Å². The molecule has 0 atom stereocenters. The minimum Gasteiger partial charge on any atom is -0.369 e. The van der Waals surface area contributed by atoms with Crippen molar-refractivity contribution in [1.29, 1.82) is 0 Å². The lowest BCUT2D eigenvalue weighted by atomic mass is 10.1. The van der Waals surface area contributed by atoms with Crippen molar-refractivity contribution in [3.05, 3.63) is 33.9 Å². The molecule has 1 aromatic rings. The van der Waals surface area contributed by atoms with Crippen LogP contribution in [0, 0.1) is 17.0 Å². The fourth-order valence-electron chi connectivity index (χ4n) is 1.96.